The number of hydrogen-bond acceptors (Lipinski definition) is 7. The zero-order chi connectivity index (χ0) is 24.6. The van der Waals surface area contributed by atoms with Crippen molar-refractivity contribution >= 4 is 33.6 Å². The lowest BCUT2D eigenvalue weighted by Gasteiger charge is -2.35. The molecule has 2 amide bonds. The average molecular weight is 489 g/mol. The largest absolute Gasteiger partial charge is 0.474 e. The van der Waals surface area contributed by atoms with Crippen LogP contribution in [-0.2, 0) is 16.0 Å². The third-order valence-electron chi connectivity index (χ3n) is 6.97. The third kappa shape index (κ3) is 5.29. The molecule has 2 heterocycles. The lowest BCUT2D eigenvalue weighted by Crippen LogP contribution is -2.43. The van der Waals surface area contributed by atoms with Crippen molar-refractivity contribution in [3.8, 4) is 5.88 Å². The minimum absolute atomic E-state index is 0.0429. The van der Waals surface area contributed by atoms with Crippen molar-refractivity contribution in [1.82, 2.24) is 14.9 Å². The van der Waals surface area contributed by atoms with Gasteiger partial charge in [-0.2, -0.15) is 0 Å². The van der Waals surface area contributed by atoms with Crippen LogP contribution in [0.1, 0.15) is 82.6 Å². The number of aryl methyl sites for hydroxylation is 1. The molecule has 0 unspecified atom stereocenters. The van der Waals surface area contributed by atoms with Crippen LogP contribution in [0.5, 0.6) is 5.88 Å². The Morgan fingerprint density at radius 2 is 1.91 bits per heavy atom. The number of thiophene rings is 1. The van der Waals surface area contributed by atoms with E-state index in [1.165, 1.54) is 10.4 Å². The summed E-state index contributed by atoms with van der Waals surface area (Å²) in [4.78, 5) is 37.1. The van der Waals surface area contributed by atoms with Gasteiger partial charge in [-0.25, -0.2) is 14.8 Å². The fourth-order valence-electron chi connectivity index (χ4n) is 5.10. The summed E-state index contributed by atoms with van der Waals surface area (Å²) >= 11 is 1.71. The van der Waals surface area contributed by atoms with E-state index in [1.54, 1.807) is 22.6 Å². The van der Waals surface area contributed by atoms with E-state index in [4.69, 9.17) is 15.2 Å². The summed E-state index contributed by atoms with van der Waals surface area (Å²) in [6, 6.07) is 0.144. The fraction of sp³-hybridized carbons (Fsp3) is 0.680. The van der Waals surface area contributed by atoms with Crippen LogP contribution in [0.15, 0.2) is 6.33 Å². The van der Waals surface area contributed by atoms with Gasteiger partial charge in [-0.3, -0.25) is 4.79 Å². The van der Waals surface area contributed by atoms with Crippen LogP contribution < -0.4 is 10.5 Å². The first kappa shape index (κ1) is 24.7. The lowest BCUT2D eigenvalue weighted by atomic mass is 9.90. The molecule has 186 valence electrons. The van der Waals surface area contributed by atoms with Gasteiger partial charge >= 0.3 is 6.09 Å². The minimum atomic E-state index is -0.502. The number of primary amides is 1. The van der Waals surface area contributed by atoms with Crippen molar-refractivity contribution in [3.63, 3.8) is 0 Å². The average Bonchev–Trinajstić information content (AvgIpc) is 3.32. The molecule has 2 aliphatic rings. The lowest BCUT2D eigenvalue weighted by molar-refractivity contribution is -0.121. The molecule has 0 aromatic carbocycles. The summed E-state index contributed by atoms with van der Waals surface area (Å²) in [7, 11) is 1.82. The van der Waals surface area contributed by atoms with Gasteiger partial charge in [0.1, 0.15) is 22.9 Å². The van der Waals surface area contributed by atoms with E-state index in [2.05, 4.69) is 9.97 Å². The van der Waals surface area contributed by atoms with Crippen LogP contribution in [0.25, 0.3) is 10.2 Å². The topological polar surface area (TPSA) is 108 Å². The SMILES string of the molecule is C[C@@H](C[C@H]1CCc2sc3ncnc(OC4CCC(N(C)C(=O)OC(C)(C)C)CC4)c3c21)C(N)=O. The van der Waals surface area contributed by atoms with E-state index in [0.29, 0.717) is 5.88 Å². The summed E-state index contributed by atoms with van der Waals surface area (Å²) in [5.41, 5.74) is 6.29. The minimum Gasteiger partial charge on any atom is -0.474 e. The van der Waals surface area contributed by atoms with E-state index < -0.39 is 5.60 Å². The molecule has 0 spiro atoms. The highest BCUT2D eigenvalue weighted by atomic mass is 32.1. The summed E-state index contributed by atoms with van der Waals surface area (Å²) in [6.07, 6.45) is 7.50. The van der Waals surface area contributed by atoms with Crippen molar-refractivity contribution in [1.29, 1.82) is 0 Å². The second kappa shape index (κ2) is 9.68. The number of rotatable bonds is 6. The van der Waals surface area contributed by atoms with E-state index in [1.807, 2.05) is 34.7 Å². The van der Waals surface area contributed by atoms with Crippen molar-refractivity contribution in [2.75, 3.05) is 7.05 Å². The van der Waals surface area contributed by atoms with Gasteiger partial charge in [0.15, 0.2) is 0 Å². The van der Waals surface area contributed by atoms with Crippen molar-refractivity contribution in [2.24, 2.45) is 11.7 Å². The first-order valence-corrected chi connectivity index (χ1v) is 13.0. The molecular formula is C25H36N4O4S. The molecule has 8 nitrogen and oxygen atoms in total. The molecule has 9 heteroatoms. The number of nitrogens with zero attached hydrogens (tertiary/aromatic N) is 3. The highest BCUT2D eigenvalue weighted by molar-refractivity contribution is 7.19. The predicted molar refractivity (Wildman–Crippen MR) is 132 cm³/mol. The maximum atomic E-state index is 12.4. The zero-order valence-corrected chi connectivity index (χ0v) is 21.6. The Labute approximate surface area is 205 Å². The van der Waals surface area contributed by atoms with Crippen molar-refractivity contribution < 1.29 is 19.1 Å². The maximum Gasteiger partial charge on any atom is 0.410 e. The van der Waals surface area contributed by atoms with E-state index in [0.717, 1.165) is 55.2 Å². The number of nitrogens with two attached hydrogens (primary N) is 1. The standard InChI is InChI=1S/C25H36N4O4S/c1-14(21(26)30)12-15-6-11-18-19(15)20-22(27-13-28-23(20)34-18)32-17-9-7-16(8-10-17)29(5)24(31)33-25(2,3)4/h13-17H,6-12H2,1-5H3,(H2,26,30)/t14-,15+,16?,17?/m0/s1. The van der Waals surface area contributed by atoms with Gasteiger partial charge in [0, 0.05) is 23.9 Å². The molecule has 2 aromatic heterocycles. The fourth-order valence-corrected chi connectivity index (χ4v) is 6.33. The van der Waals surface area contributed by atoms with Crippen molar-refractivity contribution in [2.45, 2.75) is 96.3 Å². The molecule has 34 heavy (non-hydrogen) atoms. The van der Waals surface area contributed by atoms with Gasteiger partial charge in [-0.05, 0) is 77.2 Å². The molecule has 1 fully saturated rings. The highest BCUT2D eigenvalue weighted by Gasteiger charge is 2.34. The summed E-state index contributed by atoms with van der Waals surface area (Å²) in [5, 5.41) is 1.01. The van der Waals surface area contributed by atoms with Gasteiger partial charge in [-0.1, -0.05) is 6.92 Å². The summed E-state index contributed by atoms with van der Waals surface area (Å²) in [5.74, 6) is 0.494. The molecule has 0 saturated heterocycles. The van der Waals surface area contributed by atoms with E-state index >= 15 is 0 Å². The molecule has 2 N–H and O–H groups in total. The van der Waals surface area contributed by atoms with Crippen LogP contribution in [0.3, 0.4) is 0 Å². The second-order valence-electron chi connectivity index (χ2n) is 10.7. The molecule has 2 aliphatic carbocycles. The first-order chi connectivity index (χ1) is 16.0. The zero-order valence-electron chi connectivity index (χ0n) is 20.8. The van der Waals surface area contributed by atoms with Crippen LogP contribution in [0.2, 0.25) is 0 Å². The van der Waals surface area contributed by atoms with Gasteiger partial charge in [0.25, 0.3) is 0 Å². The predicted octanol–water partition coefficient (Wildman–Crippen LogP) is 4.79. The molecule has 4 rings (SSSR count). The Balaban J connectivity index is 1.45. The number of aromatic nitrogens is 2. The molecule has 2 atom stereocenters. The Morgan fingerprint density at radius 3 is 2.56 bits per heavy atom. The normalized spacial score (nSPS) is 23.4. The first-order valence-electron chi connectivity index (χ1n) is 12.2. The van der Waals surface area contributed by atoms with Crippen LogP contribution >= 0.6 is 11.3 Å². The highest BCUT2D eigenvalue weighted by Crippen LogP contribution is 2.48. The number of carbonyl (C=O) groups excluding carboxylic acids is 2. The molecule has 2 aromatic rings. The second-order valence-corrected chi connectivity index (χ2v) is 11.8. The summed E-state index contributed by atoms with van der Waals surface area (Å²) < 4.78 is 12.0. The summed E-state index contributed by atoms with van der Waals surface area (Å²) in [6.45, 7) is 7.54. The van der Waals surface area contributed by atoms with E-state index in [9.17, 15) is 9.59 Å². The Kier molecular flexibility index (Phi) is 7.03. The van der Waals surface area contributed by atoms with Gasteiger partial charge in [0.05, 0.1) is 5.39 Å². The van der Waals surface area contributed by atoms with Crippen molar-refractivity contribution in [3.05, 3.63) is 16.8 Å². The third-order valence-corrected chi connectivity index (χ3v) is 8.14. The van der Waals surface area contributed by atoms with Crippen LogP contribution in [0, 0.1) is 5.92 Å². The quantitative estimate of drug-likeness (QED) is 0.626. The maximum absolute atomic E-state index is 12.4. The molecule has 0 bridgehead atoms. The molecular weight excluding hydrogens is 452 g/mol. The Hall–Kier alpha value is -2.42. The van der Waals surface area contributed by atoms with Gasteiger partial charge in [-0.15, -0.1) is 11.3 Å². The molecule has 0 aliphatic heterocycles. The molecule has 1 saturated carbocycles. The molecule has 0 radical (unpaired) electrons. The van der Waals surface area contributed by atoms with E-state index in [-0.39, 0.29) is 36.0 Å². The van der Waals surface area contributed by atoms with Gasteiger partial charge < -0.3 is 20.1 Å². The van der Waals surface area contributed by atoms with Gasteiger partial charge in [0.2, 0.25) is 11.8 Å². The number of hydrogen-bond donors (Lipinski definition) is 1. The number of fused-ring (bicyclic) bond motifs is 3. The number of carbonyl (C=O) groups is 2. The Morgan fingerprint density at radius 1 is 1.21 bits per heavy atom. The monoisotopic (exact) mass is 488 g/mol. The van der Waals surface area contributed by atoms with Crippen LogP contribution in [0.4, 0.5) is 4.79 Å². The number of ether oxygens (including phenoxy) is 2. The smallest absolute Gasteiger partial charge is 0.410 e. The van der Waals surface area contributed by atoms with Crippen LogP contribution in [-0.4, -0.2) is 51.7 Å². The number of amides is 2. The Bertz CT molecular complexity index is 1060.